The highest BCUT2D eigenvalue weighted by Crippen LogP contribution is 2.37. The zero-order chi connectivity index (χ0) is 28.1. The molecule has 0 aromatic heterocycles. The number of amides is 2. The van der Waals surface area contributed by atoms with Gasteiger partial charge in [-0.2, -0.15) is 13.2 Å². The molecule has 0 radical (unpaired) electrons. The predicted octanol–water partition coefficient (Wildman–Crippen LogP) is 5.11. The number of nitrogens with one attached hydrogen (secondary N) is 1. The maximum Gasteiger partial charge on any atom is 0.417 e. The first-order valence-corrected chi connectivity index (χ1v) is 13.8. The van der Waals surface area contributed by atoms with Gasteiger partial charge in [0.25, 0.3) is 0 Å². The topological polar surface area (TPSA) is 86.8 Å². The molecule has 7 nitrogen and oxygen atoms in total. The average Bonchev–Trinajstić information content (AvgIpc) is 2.80. The van der Waals surface area contributed by atoms with Crippen LogP contribution < -0.4 is 9.62 Å². The molecule has 0 aliphatic rings. The fraction of sp³-hybridized carbons (Fsp3) is 0.417. The average molecular weight is 582 g/mol. The van der Waals surface area contributed by atoms with Crippen LogP contribution in [0.25, 0.3) is 0 Å². The highest BCUT2D eigenvalue weighted by atomic mass is 35.5. The summed E-state index contributed by atoms with van der Waals surface area (Å²) in [4.78, 5) is 27.5. The van der Waals surface area contributed by atoms with Gasteiger partial charge in [0.2, 0.25) is 21.8 Å². The molecule has 1 N–H and O–H groups in total. The normalized spacial score (nSPS) is 13.5. The van der Waals surface area contributed by atoms with Gasteiger partial charge in [-0.25, -0.2) is 8.42 Å². The zero-order valence-electron chi connectivity index (χ0n) is 20.6. The van der Waals surface area contributed by atoms with Crippen LogP contribution >= 0.6 is 23.2 Å². The van der Waals surface area contributed by atoms with Crippen molar-refractivity contribution >= 4 is 50.7 Å². The van der Waals surface area contributed by atoms with Crippen LogP contribution in [0.3, 0.4) is 0 Å². The molecule has 0 saturated carbocycles. The Hall–Kier alpha value is -2.50. The molecule has 0 saturated heterocycles. The van der Waals surface area contributed by atoms with Gasteiger partial charge in [0.05, 0.1) is 22.5 Å². The second-order valence-electron chi connectivity index (χ2n) is 8.54. The molecule has 2 aromatic carbocycles. The monoisotopic (exact) mass is 581 g/mol. The van der Waals surface area contributed by atoms with Gasteiger partial charge >= 0.3 is 6.18 Å². The van der Waals surface area contributed by atoms with E-state index in [4.69, 9.17) is 23.2 Å². The molecule has 0 fully saturated rings. The Morgan fingerprint density at radius 1 is 1.05 bits per heavy atom. The number of alkyl halides is 3. The number of hydrogen-bond acceptors (Lipinski definition) is 4. The molecule has 2 atom stereocenters. The van der Waals surface area contributed by atoms with E-state index in [1.165, 1.54) is 6.92 Å². The van der Waals surface area contributed by atoms with Crippen LogP contribution in [0.5, 0.6) is 0 Å². The molecule has 0 unspecified atom stereocenters. The smallest absolute Gasteiger partial charge is 0.352 e. The van der Waals surface area contributed by atoms with Crippen LogP contribution in [-0.2, 0) is 32.3 Å². The quantitative estimate of drug-likeness (QED) is 0.422. The lowest BCUT2D eigenvalue weighted by molar-refractivity contribution is -0.139. The summed E-state index contributed by atoms with van der Waals surface area (Å²) in [5, 5.41) is 2.48. The Kier molecular flexibility index (Phi) is 10.3. The van der Waals surface area contributed by atoms with Crippen molar-refractivity contribution in [3.8, 4) is 0 Å². The third-order valence-electron chi connectivity index (χ3n) is 5.69. The summed E-state index contributed by atoms with van der Waals surface area (Å²) in [6, 6.07) is 7.92. The molecule has 2 rings (SSSR count). The first-order chi connectivity index (χ1) is 17.1. The van der Waals surface area contributed by atoms with Crippen molar-refractivity contribution in [3.63, 3.8) is 0 Å². The predicted molar refractivity (Wildman–Crippen MR) is 138 cm³/mol. The van der Waals surface area contributed by atoms with E-state index in [0.717, 1.165) is 23.3 Å². The van der Waals surface area contributed by atoms with E-state index in [1.54, 1.807) is 31.2 Å². The van der Waals surface area contributed by atoms with Crippen molar-refractivity contribution in [1.82, 2.24) is 10.2 Å². The lowest BCUT2D eigenvalue weighted by Gasteiger charge is -2.32. The Morgan fingerprint density at radius 2 is 1.68 bits per heavy atom. The number of anilines is 1. The van der Waals surface area contributed by atoms with Gasteiger partial charge in [0.15, 0.2) is 0 Å². The molecule has 2 amide bonds. The van der Waals surface area contributed by atoms with E-state index in [0.29, 0.717) is 27.4 Å². The van der Waals surface area contributed by atoms with Crippen LogP contribution in [0.2, 0.25) is 10.0 Å². The van der Waals surface area contributed by atoms with Gasteiger partial charge in [-0.15, -0.1) is 0 Å². The highest BCUT2D eigenvalue weighted by Gasteiger charge is 2.35. The van der Waals surface area contributed by atoms with Gasteiger partial charge in [-0.3, -0.25) is 13.9 Å². The third-order valence-corrected chi connectivity index (χ3v) is 7.53. The van der Waals surface area contributed by atoms with E-state index in [-0.39, 0.29) is 12.6 Å². The van der Waals surface area contributed by atoms with Crippen LogP contribution in [0.4, 0.5) is 18.9 Å². The van der Waals surface area contributed by atoms with Crippen molar-refractivity contribution < 1.29 is 31.2 Å². The molecule has 0 aliphatic heterocycles. The largest absolute Gasteiger partial charge is 0.417 e. The van der Waals surface area contributed by atoms with Crippen LogP contribution in [0.1, 0.15) is 38.3 Å². The number of nitrogens with zero attached hydrogens (tertiary/aromatic N) is 2. The van der Waals surface area contributed by atoms with Crippen molar-refractivity contribution in [2.24, 2.45) is 0 Å². The minimum absolute atomic E-state index is 0.139. The highest BCUT2D eigenvalue weighted by molar-refractivity contribution is 7.92. The molecule has 0 aliphatic carbocycles. The molecule has 13 heteroatoms. The number of benzene rings is 2. The number of carbonyl (C=O) groups excluding carboxylic acids is 2. The molecular weight excluding hydrogens is 554 g/mol. The fourth-order valence-corrected chi connectivity index (χ4v) is 4.62. The summed E-state index contributed by atoms with van der Waals surface area (Å²) in [6.07, 6.45) is -3.45. The van der Waals surface area contributed by atoms with Crippen LogP contribution in [-0.4, -0.2) is 50.0 Å². The molecule has 0 bridgehead atoms. The lowest BCUT2D eigenvalue weighted by Crippen LogP contribution is -2.52. The van der Waals surface area contributed by atoms with E-state index in [2.05, 4.69) is 5.32 Å². The number of hydrogen-bond donors (Lipinski definition) is 1. The van der Waals surface area contributed by atoms with Gasteiger partial charge < -0.3 is 10.2 Å². The van der Waals surface area contributed by atoms with Gasteiger partial charge in [-0.05, 0) is 50.1 Å². The maximum absolute atomic E-state index is 13.5. The second kappa shape index (κ2) is 12.4. The summed E-state index contributed by atoms with van der Waals surface area (Å²) in [5.74, 6) is -1.30. The van der Waals surface area contributed by atoms with Gasteiger partial charge in [0.1, 0.15) is 12.6 Å². The summed E-state index contributed by atoms with van der Waals surface area (Å²) in [5.41, 5.74) is -1.15. The van der Waals surface area contributed by atoms with Crippen molar-refractivity contribution in [1.29, 1.82) is 0 Å². The Morgan fingerprint density at radius 3 is 2.22 bits per heavy atom. The summed E-state index contributed by atoms with van der Waals surface area (Å²) in [6.45, 7) is 4.13. The summed E-state index contributed by atoms with van der Waals surface area (Å²) >= 11 is 11.9. The molecule has 0 heterocycles. The zero-order valence-corrected chi connectivity index (χ0v) is 23.0. The first-order valence-electron chi connectivity index (χ1n) is 11.2. The van der Waals surface area contributed by atoms with E-state index in [9.17, 15) is 31.2 Å². The minimum atomic E-state index is -4.85. The summed E-state index contributed by atoms with van der Waals surface area (Å²) < 4.78 is 65.9. The Labute approximate surface area is 224 Å². The van der Waals surface area contributed by atoms with E-state index in [1.807, 2.05) is 6.92 Å². The number of carbonyl (C=O) groups is 2. The SMILES string of the molecule is CC[C@H](C)NC(=O)[C@@H](C)N(Cc1ccccc1Cl)C(=O)CN(c1ccc(Cl)c(C(F)(F)F)c1)S(C)(=O)=O. The number of sulfonamides is 1. The Bertz CT molecular complexity index is 1240. The van der Waals surface area contributed by atoms with Crippen molar-refractivity contribution in [3.05, 3.63) is 63.6 Å². The van der Waals surface area contributed by atoms with Crippen LogP contribution in [0, 0.1) is 0 Å². The molecular formula is C24H28Cl2F3N3O4S. The Balaban J connectivity index is 2.49. The molecule has 37 heavy (non-hydrogen) atoms. The van der Waals surface area contributed by atoms with Crippen LogP contribution in [0.15, 0.2) is 42.5 Å². The minimum Gasteiger partial charge on any atom is -0.352 e. The molecule has 204 valence electrons. The molecule has 2 aromatic rings. The maximum atomic E-state index is 13.5. The second-order valence-corrected chi connectivity index (χ2v) is 11.3. The van der Waals surface area contributed by atoms with E-state index >= 15 is 0 Å². The standard InChI is InChI=1S/C24H28Cl2F3N3O4S/c1-5-15(2)30-23(34)16(3)31(13-17-8-6-7-9-20(17)25)22(33)14-32(37(4,35)36)18-10-11-21(26)19(12-18)24(27,28)29/h6-12,15-16H,5,13-14H2,1-4H3,(H,30,34)/t15-,16+/m0/s1. The van der Waals surface area contributed by atoms with Gasteiger partial charge in [-0.1, -0.05) is 48.3 Å². The van der Waals surface area contributed by atoms with Crippen molar-refractivity contribution in [2.75, 3.05) is 17.1 Å². The summed E-state index contributed by atoms with van der Waals surface area (Å²) in [7, 11) is -4.22. The molecule has 0 spiro atoms. The first kappa shape index (κ1) is 30.7. The number of rotatable bonds is 10. The fourth-order valence-electron chi connectivity index (χ4n) is 3.36. The van der Waals surface area contributed by atoms with E-state index < -0.39 is 56.9 Å². The van der Waals surface area contributed by atoms with Crippen molar-refractivity contribution in [2.45, 2.75) is 52.0 Å². The number of halogens is 5. The lowest BCUT2D eigenvalue weighted by atomic mass is 10.1. The third kappa shape index (κ3) is 8.24. The van der Waals surface area contributed by atoms with Gasteiger partial charge in [0, 0.05) is 17.6 Å².